The average Bonchev–Trinajstić information content (AvgIpc) is 2.86. The Labute approximate surface area is 117 Å². The molecule has 0 aliphatic heterocycles. The van der Waals surface area contributed by atoms with Crippen LogP contribution < -0.4 is 10.5 Å². The minimum atomic E-state index is 0.0297. The average molecular weight is 277 g/mol. The van der Waals surface area contributed by atoms with Crippen molar-refractivity contribution in [2.45, 2.75) is 26.5 Å². The second kappa shape index (κ2) is 6.33. The van der Waals surface area contributed by atoms with Crippen LogP contribution in [0, 0.1) is 0 Å². The molecule has 7 heteroatoms. The molecule has 2 N–H and O–H groups in total. The van der Waals surface area contributed by atoms with Gasteiger partial charge in [0.1, 0.15) is 5.75 Å². The zero-order chi connectivity index (χ0) is 14.5. The van der Waals surface area contributed by atoms with Gasteiger partial charge in [-0.3, -0.25) is 0 Å². The molecule has 20 heavy (non-hydrogen) atoms. The number of methoxy groups -OCH3 is 1. The molecule has 108 valence electrons. The van der Waals surface area contributed by atoms with Crippen molar-refractivity contribution in [3.8, 4) is 17.1 Å². The fourth-order valence-corrected chi connectivity index (χ4v) is 1.99. The van der Waals surface area contributed by atoms with Gasteiger partial charge < -0.3 is 15.2 Å². The number of anilines is 1. The van der Waals surface area contributed by atoms with E-state index in [-0.39, 0.29) is 6.10 Å². The van der Waals surface area contributed by atoms with Crippen LogP contribution in [0.2, 0.25) is 0 Å². The van der Waals surface area contributed by atoms with Crippen LogP contribution >= 0.6 is 0 Å². The normalized spacial score (nSPS) is 12.3. The van der Waals surface area contributed by atoms with Crippen LogP contribution in [0.4, 0.5) is 5.69 Å². The van der Waals surface area contributed by atoms with E-state index in [9.17, 15) is 0 Å². The Morgan fingerprint density at radius 1 is 1.40 bits per heavy atom. The van der Waals surface area contributed by atoms with E-state index >= 15 is 0 Å². The van der Waals surface area contributed by atoms with Gasteiger partial charge in [-0.1, -0.05) is 0 Å². The lowest BCUT2D eigenvalue weighted by molar-refractivity contribution is 0.0614. The second-order valence-corrected chi connectivity index (χ2v) is 4.41. The van der Waals surface area contributed by atoms with Crippen molar-refractivity contribution in [3.05, 3.63) is 18.2 Å². The number of rotatable bonds is 6. The molecular weight excluding hydrogens is 258 g/mol. The summed E-state index contributed by atoms with van der Waals surface area (Å²) in [4.78, 5) is 0. The lowest BCUT2D eigenvalue weighted by Gasteiger charge is -2.13. The van der Waals surface area contributed by atoms with Crippen LogP contribution in [0.3, 0.4) is 0 Å². The molecule has 2 aromatic rings. The van der Waals surface area contributed by atoms with Crippen LogP contribution in [0.25, 0.3) is 11.4 Å². The highest BCUT2D eigenvalue weighted by Crippen LogP contribution is 2.29. The SMILES string of the molecule is CCOC(C)Cn1nnnc1-c1ccc(N)cc1OC. The van der Waals surface area contributed by atoms with Gasteiger partial charge in [-0.25, -0.2) is 4.68 Å². The Hall–Kier alpha value is -2.15. The van der Waals surface area contributed by atoms with Crippen molar-refractivity contribution < 1.29 is 9.47 Å². The van der Waals surface area contributed by atoms with E-state index in [0.29, 0.717) is 30.4 Å². The van der Waals surface area contributed by atoms with Gasteiger partial charge in [0.25, 0.3) is 0 Å². The Bertz CT molecular complexity index is 570. The first-order chi connectivity index (χ1) is 9.65. The molecule has 1 heterocycles. The molecular formula is C13H19N5O2. The van der Waals surface area contributed by atoms with Crippen molar-refractivity contribution >= 4 is 5.69 Å². The molecule has 0 amide bonds. The molecule has 1 aromatic carbocycles. The molecule has 0 spiro atoms. The number of nitrogen functional groups attached to an aromatic ring is 1. The summed E-state index contributed by atoms with van der Waals surface area (Å²) in [5.74, 6) is 1.28. The summed E-state index contributed by atoms with van der Waals surface area (Å²) in [6, 6.07) is 5.39. The van der Waals surface area contributed by atoms with E-state index in [2.05, 4.69) is 15.5 Å². The summed E-state index contributed by atoms with van der Waals surface area (Å²) in [5, 5.41) is 11.8. The van der Waals surface area contributed by atoms with Crippen molar-refractivity contribution in [2.24, 2.45) is 0 Å². The highest BCUT2D eigenvalue weighted by atomic mass is 16.5. The highest BCUT2D eigenvalue weighted by molar-refractivity contribution is 5.67. The van der Waals surface area contributed by atoms with Gasteiger partial charge in [0.2, 0.25) is 0 Å². The molecule has 0 aliphatic rings. The van der Waals surface area contributed by atoms with E-state index in [4.69, 9.17) is 15.2 Å². The number of nitrogens with zero attached hydrogens (tertiary/aromatic N) is 4. The number of hydrogen-bond acceptors (Lipinski definition) is 6. The van der Waals surface area contributed by atoms with Gasteiger partial charge in [0.05, 0.1) is 25.3 Å². The maximum atomic E-state index is 5.76. The quantitative estimate of drug-likeness (QED) is 0.802. The van der Waals surface area contributed by atoms with E-state index in [1.807, 2.05) is 19.9 Å². The molecule has 0 radical (unpaired) electrons. The minimum absolute atomic E-state index is 0.0297. The first-order valence-electron chi connectivity index (χ1n) is 6.47. The topological polar surface area (TPSA) is 88.1 Å². The fourth-order valence-electron chi connectivity index (χ4n) is 1.99. The number of aromatic nitrogens is 4. The Balaban J connectivity index is 2.32. The van der Waals surface area contributed by atoms with Crippen LogP contribution in [0.1, 0.15) is 13.8 Å². The number of hydrogen-bond donors (Lipinski definition) is 1. The summed E-state index contributed by atoms with van der Waals surface area (Å²) in [7, 11) is 1.59. The molecule has 0 aliphatic carbocycles. The summed E-state index contributed by atoms with van der Waals surface area (Å²) in [6.45, 7) is 5.17. The largest absolute Gasteiger partial charge is 0.496 e. The van der Waals surface area contributed by atoms with Crippen molar-refractivity contribution in [1.29, 1.82) is 0 Å². The monoisotopic (exact) mass is 277 g/mol. The van der Waals surface area contributed by atoms with Crippen LogP contribution in [0.5, 0.6) is 5.75 Å². The lowest BCUT2D eigenvalue weighted by atomic mass is 10.1. The fraction of sp³-hybridized carbons (Fsp3) is 0.462. The number of ether oxygens (including phenoxy) is 2. The number of nitrogens with two attached hydrogens (primary N) is 1. The van der Waals surface area contributed by atoms with Crippen LogP contribution in [-0.4, -0.2) is 40.0 Å². The zero-order valence-corrected chi connectivity index (χ0v) is 11.9. The molecule has 0 saturated heterocycles. The van der Waals surface area contributed by atoms with Gasteiger partial charge in [0.15, 0.2) is 5.82 Å². The molecule has 0 fully saturated rings. The highest BCUT2D eigenvalue weighted by Gasteiger charge is 2.16. The Morgan fingerprint density at radius 3 is 2.90 bits per heavy atom. The predicted octanol–water partition coefficient (Wildman–Crippen LogP) is 1.36. The van der Waals surface area contributed by atoms with E-state index < -0.39 is 0 Å². The van der Waals surface area contributed by atoms with Crippen molar-refractivity contribution in [2.75, 3.05) is 19.5 Å². The van der Waals surface area contributed by atoms with E-state index in [1.54, 1.807) is 23.9 Å². The van der Waals surface area contributed by atoms with Gasteiger partial charge in [-0.15, -0.1) is 5.10 Å². The van der Waals surface area contributed by atoms with E-state index in [1.165, 1.54) is 0 Å². The number of benzene rings is 1. The summed E-state index contributed by atoms with van der Waals surface area (Å²) in [5.41, 5.74) is 7.19. The smallest absolute Gasteiger partial charge is 0.185 e. The third-order valence-corrected chi connectivity index (χ3v) is 2.88. The van der Waals surface area contributed by atoms with Gasteiger partial charge in [0, 0.05) is 18.4 Å². The van der Waals surface area contributed by atoms with Crippen molar-refractivity contribution in [1.82, 2.24) is 20.2 Å². The van der Waals surface area contributed by atoms with Gasteiger partial charge in [-0.05, 0) is 36.4 Å². The van der Waals surface area contributed by atoms with Crippen LogP contribution in [-0.2, 0) is 11.3 Å². The first-order valence-corrected chi connectivity index (χ1v) is 6.47. The Morgan fingerprint density at radius 2 is 2.20 bits per heavy atom. The molecule has 1 aromatic heterocycles. The second-order valence-electron chi connectivity index (χ2n) is 4.41. The minimum Gasteiger partial charge on any atom is -0.496 e. The number of tetrazole rings is 1. The summed E-state index contributed by atoms with van der Waals surface area (Å²) < 4.78 is 12.6. The molecule has 0 bridgehead atoms. The molecule has 2 rings (SSSR count). The third kappa shape index (κ3) is 3.05. The predicted molar refractivity (Wildman–Crippen MR) is 75.3 cm³/mol. The zero-order valence-electron chi connectivity index (χ0n) is 11.9. The standard InChI is InChI=1S/C13H19N5O2/c1-4-20-9(2)8-18-13(15-16-17-18)11-6-5-10(14)7-12(11)19-3/h5-7,9H,4,8,14H2,1-3H3. The Kier molecular flexibility index (Phi) is 4.52. The van der Waals surface area contributed by atoms with Crippen LogP contribution in [0.15, 0.2) is 18.2 Å². The summed E-state index contributed by atoms with van der Waals surface area (Å²) in [6.07, 6.45) is 0.0297. The molecule has 1 atom stereocenters. The first kappa shape index (κ1) is 14.3. The van der Waals surface area contributed by atoms with Gasteiger partial charge in [-0.2, -0.15) is 0 Å². The molecule has 7 nitrogen and oxygen atoms in total. The molecule has 1 unspecified atom stereocenters. The van der Waals surface area contributed by atoms with Gasteiger partial charge >= 0.3 is 0 Å². The molecule has 0 saturated carbocycles. The maximum absolute atomic E-state index is 5.76. The van der Waals surface area contributed by atoms with Crippen molar-refractivity contribution in [3.63, 3.8) is 0 Å². The maximum Gasteiger partial charge on any atom is 0.185 e. The summed E-state index contributed by atoms with van der Waals surface area (Å²) >= 11 is 0. The third-order valence-electron chi connectivity index (χ3n) is 2.88. The van der Waals surface area contributed by atoms with E-state index in [0.717, 1.165) is 5.56 Å². The lowest BCUT2D eigenvalue weighted by Crippen LogP contribution is -2.18.